The second-order valence-electron chi connectivity index (χ2n) is 5.16. The second kappa shape index (κ2) is 5.28. The fourth-order valence-electron chi connectivity index (χ4n) is 2.67. The summed E-state index contributed by atoms with van der Waals surface area (Å²) in [5.41, 5.74) is 7.65. The molecule has 0 amide bonds. The zero-order valence-corrected chi connectivity index (χ0v) is 11.4. The van der Waals surface area contributed by atoms with Gasteiger partial charge in [0.25, 0.3) is 0 Å². The maximum atomic E-state index is 6.06. The Kier molecular flexibility index (Phi) is 3.95. The fraction of sp³-hybridized carbons (Fsp3) is 0.571. The molecule has 1 saturated heterocycles. The Bertz CT molecular complexity index is 382. The van der Waals surface area contributed by atoms with Gasteiger partial charge in [0, 0.05) is 18.6 Å². The average Bonchev–Trinajstić information content (AvgIpc) is 2.28. The first-order valence-electron chi connectivity index (χ1n) is 6.37. The lowest BCUT2D eigenvalue weighted by Gasteiger charge is -2.39. The van der Waals surface area contributed by atoms with Crippen LogP contribution in [0.4, 0.5) is 5.69 Å². The molecule has 3 heteroatoms. The molecular formula is C14H21ClN2. The molecule has 0 bridgehead atoms. The van der Waals surface area contributed by atoms with Crippen LogP contribution in [-0.2, 0) is 6.54 Å². The summed E-state index contributed by atoms with van der Waals surface area (Å²) in [6.45, 7) is 5.60. The van der Waals surface area contributed by atoms with Crippen molar-refractivity contribution in [1.29, 1.82) is 0 Å². The number of anilines is 1. The number of hydrogen-bond donors (Lipinski definition) is 1. The van der Waals surface area contributed by atoms with Crippen LogP contribution in [0.1, 0.15) is 38.7 Å². The van der Waals surface area contributed by atoms with Crippen LogP contribution >= 0.6 is 11.6 Å². The highest BCUT2D eigenvalue weighted by atomic mass is 35.5. The van der Waals surface area contributed by atoms with Gasteiger partial charge in [-0.3, -0.25) is 4.90 Å². The van der Waals surface area contributed by atoms with Crippen molar-refractivity contribution in [1.82, 2.24) is 4.90 Å². The summed E-state index contributed by atoms with van der Waals surface area (Å²) in [6, 6.07) is 7.29. The van der Waals surface area contributed by atoms with Crippen LogP contribution in [0, 0.1) is 0 Å². The molecule has 94 valence electrons. The molecule has 0 unspecified atom stereocenters. The first-order chi connectivity index (χ1) is 8.08. The van der Waals surface area contributed by atoms with Crippen molar-refractivity contribution in [3.05, 3.63) is 28.8 Å². The summed E-state index contributed by atoms with van der Waals surface area (Å²) in [5, 5.41) is 0.666. The van der Waals surface area contributed by atoms with E-state index in [-0.39, 0.29) is 0 Å². The molecule has 1 aliphatic rings. The van der Waals surface area contributed by atoms with Gasteiger partial charge in [0.15, 0.2) is 0 Å². The number of halogens is 1. The van der Waals surface area contributed by atoms with Crippen LogP contribution in [-0.4, -0.2) is 17.0 Å². The van der Waals surface area contributed by atoms with Gasteiger partial charge in [0.1, 0.15) is 0 Å². The molecule has 2 rings (SSSR count). The van der Waals surface area contributed by atoms with E-state index in [4.69, 9.17) is 17.3 Å². The molecule has 1 aromatic carbocycles. The van der Waals surface area contributed by atoms with E-state index < -0.39 is 0 Å². The smallest absolute Gasteiger partial charge is 0.0638 e. The average molecular weight is 253 g/mol. The number of benzene rings is 1. The summed E-state index contributed by atoms with van der Waals surface area (Å²) >= 11 is 6.06. The zero-order chi connectivity index (χ0) is 12.4. The number of nitrogens with zero attached hydrogens (tertiary/aromatic N) is 1. The van der Waals surface area contributed by atoms with Gasteiger partial charge < -0.3 is 5.73 Å². The minimum atomic E-state index is 0.662. The van der Waals surface area contributed by atoms with Crippen molar-refractivity contribution in [2.45, 2.75) is 51.7 Å². The van der Waals surface area contributed by atoms with E-state index in [0.717, 1.165) is 6.54 Å². The van der Waals surface area contributed by atoms with E-state index in [0.29, 0.717) is 22.8 Å². The molecule has 1 aromatic rings. The molecule has 1 fully saturated rings. The van der Waals surface area contributed by atoms with Crippen molar-refractivity contribution >= 4 is 17.3 Å². The summed E-state index contributed by atoms with van der Waals surface area (Å²) in [4.78, 5) is 2.56. The minimum Gasteiger partial charge on any atom is -0.398 e. The largest absolute Gasteiger partial charge is 0.398 e. The van der Waals surface area contributed by atoms with Crippen molar-refractivity contribution in [3.8, 4) is 0 Å². The molecule has 0 aromatic heterocycles. The molecule has 0 aliphatic carbocycles. The molecule has 2 nitrogen and oxygen atoms in total. The topological polar surface area (TPSA) is 29.3 Å². The van der Waals surface area contributed by atoms with Crippen LogP contribution in [0.15, 0.2) is 18.2 Å². The molecule has 1 aliphatic heterocycles. The number of hydrogen-bond acceptors (Lipinski definition) is 2. The maximum Gasteiger partial charge on any atom is 0.0638 e. The summed E-state index contributed by atoms with van der Waals surface area (Å²) in [5.74, 6) is 0. The van der Waals surface area contributed by atoms with Crippen molar-refractivity contribution in [2.75, 3.05) is 5.73 Å². The molecule has 0 saturated carbocycles. The highest BCUT2D eigenvalue weighted by Gasteiger charge is 2.24. The number of rotatable bonds is 2. The van der Waals surface area contributed by atoms with Crippen LogP contribution in [0.25, 0.3) is 0 Å². The van der Waals surface area contributed by atoms with Crippen molar-refractivity contribution in [2.24, 2.45) is 0 Å². The molecule has 0 spiro atoms. The SMILES string of the molecule is C[C@@H]1CCC[C@H](C)N1Cc1ccc(N)c(Cl)c1. The lowest BCUT2D eigenvalue weighted by Crippen LogP contribution is -2.42. The molecule has 17 heavy (non-hydrogen) atoms. The van der Waals surface area contributed by atoms with Crippen LogP contribution < -0.4 is 5.73 Å². The van der Waals surface area contributed by atoms with Gasteiger partial charge in [-0.05, 0) is 44.4 Å². The highest BCUT2D eigenvalue weighted by molar-refractivity contribution is 6.33. The third kappa shape index (κ3) is 2.93. The fourth-order valence-corrected chi connectivity index (χ4v) is 2.87. The molecule has 2 N–H and O–H groups in total. The van der Waals surface area contributed by atoms with E-state index in [1.807, 2.05) is 12.1 Å². The van der Waals surface area contributed by atoms with Gasteiger partial charge in [-0.25, -0.2) is 0 Å². The predicted octanol–water partition coefficient (Wildman–Crippen LogP) is 3.69. The molecule has 2 atom stereocenters. The van der Waals surface area contributed by atoms with E-state index in [9.17, 15) is 0 Å². The predicted molar refractivity (Wildman–Crippen MR) is 74.2 cm³/mol. The van der Waals surface area contributed by atoms with Gasteiger partial charge in [0.2, 0.25) is 0 Å². The zero-order valence-electron chi connectivity index (χ0n) is 10.6. The minimum absolute atomic E-state index is 0.662. The standard InChI is InChI=1S/C14H21ClN2/c1-10-4-3-5-11(2)17(10)9-12-6-7-14(16)13(15)8-12/h6-8,10-11H,3-5,9,16H2,1-2H3/t10-,11+. The lowest BCUT2D eigenvalue weighted by atomic mass is 9.97. The van der Waals surface area contributed by atoms with Crippen LogP contribution in [0.3, 0.4) is 0 Å². The van der Waals surface area contributed by atoms with Crippen LogP contribution in [0.5, 0.6) is 0 Å². The highest BCUT2D eigenvalue weighted by Crippen LogP contribution is 2.26. The van der Waals surface area contributed by atoms with Gasteiger partial charge in [-0.1, -0.05) is 24.1 Å². The molecule has 1 heterocycles. The molecular weight excluding hydrogens is 232 g/mol. The Balaban J connectivity index is 2.10. The third-order valence-corrected chi connectivity index (χ3v) is 4.13. The lowest BCUT2D eigenvalue weighted by molar-refractivity contribution is 0.0953. The monoisotopic (exact) mass is 252 g/mol. The van der Waals surface area contributed by atoms with Crippen LogP contribution in [0.2, 0.25) is 5.02 Å². The number of nitrogen functional groups attached to an aromatic ring is 1. The summed E-state index contributed by atoms with van der Waals surface area (Å²) in [6.07, 6.45) is 3.95. The van der Waals surface area contributed by atoms with E-state index >= 15 is 0 Å². The van der Waals surface area contributed by atoms with Crippen molar-refractivity contribution in [3.63, 3.8) is 0 Å². The Hall–Kier alpha value is -0.730. The Morgan fingerprint density at radius 1 is 1.29 bits per heavy atom. The van der Waals surface area contributed by atoms with Crippen molar-refractivity contribution < 1.29 is 0 Å². The van der Waals surface area contributed by atoms with Gasteiger partial charge in [-0.2, -0.15) is 0 Å². The Labute approximate surface area is 109 Å². The first-order valence-corrected chi connectivity index (χ1v) is 6.75. The number of nitrogens with two attached hydrogens (primary N) is 1. The Morgan fingerprint density at radius 3 is 2.53 bits per heavy atom. The van der Waals surface area contributed by atoms with E-state index in [1.165, 1.54) is 24.8 Å². The first kappa shape index (κ1) is 12.7. The quantitative estimate of drug-likeness (QED) is 0.814. The summed E-state index contributed by atoms with van der Waals surface area (Å²) in [7, 11) is 0. The van der Waals surface area contributed by atoms with E-state index in [1.54, 1.807) is 0 Å². The summed E-state index contributed by atoms with van der Waals surface area (Å²) < 4.78 is 0. The van der Waals surface area contributed by atoms with Gasteiger partial charge >= 0.3 is 0 Å². The number of piperidine rings is 1. The third-order valence-electron chi connectivity index (χ3n) is 3.81. The van der Waals surface area contributed by atoms with Gasteiger partial charge in [-0.15, -0.1) is 0 Å². The second-order valence-corrected chi connectivity index (χ2v) is 5.56. The Morgan fingerprint density at radius 2 is 1.94 bits per heavy atom. The maximum absolute atomic E-state index is 6.06. The van der Waals surface area contributed by atoms with Gasteiger partial charge in [0.05, 0.1) is 10.7 Å². The molecule has 0 radical (unpaired) electrons. The van der Waals surface area contributed by atoms with E-state index in [2.05, 4.69) is 24.8 Å². The number of likely N-dealkylation sites (tertiary alicyclic amines) is 1. The normalized spacial score (nSPS) is 26.1.